The van der Waals surface area contributed by atoms with E-state index in [9.17, 15) is 0 Å². The van der Waals surface area contributed by atoms with E-state index < -0.39 is 0 Å². The average molecular weight is 272 g/mol. The molecule has 1 fully saturated rings. The van der Waals surface area contributed by atoms with Gasteiger partial charge in [-0.2, -0.15) is 5.10 Å². The van der Waals surface area contributed by atoms with Crippen LogP contribution >= 0.6 is 15.9 Å². The predicted molar refractivity (Wildman–Crippen MR) is 64.6 cm³/mol. The molecule has 0 radical (unpaired) electrons. The SMILES string of the molecule is NCCC1CCC(n2nccc2Br)CC1. The lowest BCUT2D eigenvalue weighted by atomic mass is 9.84. The molecule has 1 aromatic rings. The van der Waals surface area contributed by atoms with E-state index >= 15 is 0 Å². The summed E-state index contributed by atoms with van der Waals surface area (Å²) in [5.41, 5.74) is 5.59. The maximum Gasteiger partial charge on any atom is 0.104 e. The fourth-order valence-electron chi connectivity index (χ4n) is 2.48. The fourth-order valence-corrected chi connectivity index (χ4v) is 2.98. The van der Waals surface area contributed by atoms with Gasteiger partial charge in [-0.25, -0.2) is 0 Å². The topological polar surface area (TPSA) is 43.8 Å². The Morgan fingerprint density at radius 3 is 2.67 bits per heavy atom. The molecule has 2 rings (SSSR count). The van der Waals surface area contributed by atoms with Crippen LogP contribution in [0.3, 0.4) is 0 Å². The molecule has 1 heterocycles. The van der Waals surface area contributed by atoms with Gasteiger partial charge in [0.2, 0.25) is 0 Å². The van der Waals surface area contributed by atoms with Crippen molar-refractivity contribution >= 4 is 15.9 Å². The van der Waals surface area contributed by atoms with E-state index in [0.29, 0.717) is 6.04 Å². The lowest BCUT2D eigenvalue weighted by Gasteiger charge is -2.28. The second-order valence-electron chi connectivity index (χ2n) is 4.35. The molecule has 1 aliphatic rings. The molecule has 0 atom stereocenters. The smallest absolute Gasteiger partial charge is 0.104 e. The molecule has 1 saturated carbocycles. The van der Waals surface area contributed by atoms with E-state index in [1.165, 1.54) is 32.1 Å². The first kappa shape index (κ1) is 11.1. The Hall–Kier alpha value is -0.350. The molecule has 0 bridgehead atoms. The highest BCUT2D eigenvalue weighted by atomic mass is 79.9. The molecule has 15 heavy (non-hydrogen) atoms. The Morgan fingerprint density at radius 1 is 1.40 bits per heavy atom. The molecule has 0 saturated heterocycles. The lowest BCUT2D eigenvalue weighted by molar-refractivity contribution is 0.251. The van der Waals surface area contributed by atoms with E-state index in [1.807, 2.05) is 12.3 Å². The number of halogens is 1. The van der Waals surface area contributed by atoms with Crippen LogP contribution in [0.4, 0.5) is 0 Å². The minimum atomic E-state index is 0.586. The summed E-state index contributed by atoms with van der Waals surface area (Å²) >= 11 is 3.53. The van der Waals surface area contributed by atoms with Gasteiger partial charge in [-0.3, -0.25) is 4.68 Å². The standard InChI is InChI=1S/C11H18BrN3/c12-11-6-8-14-15(11)10-3-1-9(2-4-10)5-7-13/h6,8-10H,1-5,7,13H2. The molecular formula is C11H18BrN3. The third-order valence-electron chi connectivity index (χ3n) is 3.36. The number of rotatable bonds is 3. The Bertz CT molecular complexity index is 303. The summed E-state index contributed by atoms with van der Waals surface area (Å²) in [4.78, 5) is 0. The summed E-state index contributed by atoms with van der Waals surface area (Å²) in [6, 6.07) is 2.59. The van der Waals surface area contributed by atoms with Crippen molar-refractivity contribution in [2.75, 3.05) is 6.54 Å². The number of nitrogens with zero attached hydrogens (tertiary/aromatic N) is 2. The molecule has 0 spiro atoms. The molecule has 1 aromatic heterocycles. The highest BCUT2D eigenvalue weighted by Gasteiger charge is 2.22. The van der Waals surface area contributed by atoms with Gasteiger partial charge in [0, 0.05) is 0 Å². The quantitative estimate of drug-likeness (QED) is 0.919. The third-order valence-corrected chi connectivity index (χ3v) is 3.99. The predicted octanol–water partition coefficient (Wildman–Crippen LogP) is 2.73. The van der Waals surface area contributed by atoms with Gasteiger partial charge in [-0.05, 0) is 66.6 Å². The van der Waals surface area contributed by atoms with E-state index in [1.54, 1.807) is 0 Å². The van der Waals surface area contributed by atoms with E-state index in [4.69, 9.17) is 5.73 Å². The van der Waals surface area contributed by atoms with Crippen molar-refractivity contribution in [1.82, 2.24) is 9.78 Å². The van der Waals surface area contributed by atoms with Gasteiger partial charge in [-0.1, -0.05) is 0 Å². The zero-order valence-corrected chi connectivity index (χ0v) is 10.5. The third kappa shape index (κ3) is 2.61. The van der Waals surface area contributed by atoms with Crippen molar-refractivity contribution in [1.29, 1.82) is 0 Å². The maximum atomic E-state index is 5.59. The largest absolute Gasteiger partial charge is 0.330 e. The molecule has 0 aromatic carbocycles. The Labute approximate surface area is 99.2 Å². The number of hydrogen-bond acceptors (Lipinski definition) is 2. The second kappa shape index (κ2) is 5.12. The van der Waals surface area contributed by atoms with E-state index in [-0.39, 0.29) is 0 Å². The van der Waals surface area contributed by atoms with Gasteiger partial charge < -0.3 is 5.73 Å². The van der Waals surface area contributed by atoms with E-state index in [0.717, 1.165) is 17.1 Å². The van der Waals surface area contributed by atoms with Gasteiger partial charge in [0.15, 0.2) is 0 Å². The van der Waals surface area contributed by atoms with Crippen molar-refractivity contribution in [2.45, 2.75) is 38.1 Å². The highest BCUT2D eigenvalue weighted by Crippen LogP contribution is 2.34. The van der Waals surface area contributed by atoms with Crippen LogP contribution in [0.25, 0.3) is 0 Å². The van der Waals surface area contributed by atoms with Gasteiger partial charge in [0.25, 0.3) is 0 Å². The summed E-state index contributed by atoms with van der Waals surface area (Å²) < 4.78 is 3.21. The van der Waals surface area contributed by atoms with Gasteiger partial charge in [0.1, 0.15) is 4.60 Å². The molecule has 1 aliphatic carbocycles. The normalized spacial score (nSPS) is 26.8. The van der Waals surface area contributed by atoms with Crippen molar-refractivity contribution in [3.63, 3.8) is 0 Å². The van der Waals surface area contributed by atoms with Crippen LogP contribution in [0.1, 0.15) is 38.1 Å². The molecule has 2 N–H and O–H groups in total. The number of hydrogen-bond donors (Lipinski definition) is 1. The van der Waals surface area contributed by atoms with Crippen LogP contribution in [0.5, 0.6) is 0 Å². The van der Waals surface area contributed by atoms with Crippen molar-refractivity contribution in [2.24, 2.45) is 11.7 Å². The zero-order valence-electron chi connectivity index (χ0n) is 8.90. The Balaban J connectivity index is 1.91. The summed E-state index contributed by atoms with van der Waals surface area (Å²) in [5, 5.41) is 4.36. The fraction of sp³-hybridized carbons (Fsp3) is 0.727. The van der Waals surface area contributed by atoms with Gasteiger partial charge >= 0.3 is 0 Å². The van der Waals surface area contributed by atoms with Crippen molar-refractivity contribution in [3.05, 3.63) is 16.9 Å². The average Bonchev–Trinajstić information content (AvgIpc) is 2.66. The first-order chi connectivity index (χ1) is 7.31. The summed E-state index contributed by atoms with van der Waals surface area (Å²) in [6.45, 7) is 0.834. The monoisotopic (exact) mass is 271 g/mol. The van der Waals surface area contributed by atoms with Crippen molar-refractivity contribution < 1.29 is 0 Å². The van der Waals surface area contributed by atoms with Crippen LogP contribution < -0.4 is 5.73 Å². The molecule has 84 valence electrons. The van der Waals surface area contributed by atoms with Crippen LogP contribution in [0.2, 0.25) is 0 Å². The first-order valence-corrected chi connectivity index (χ1v) is 6.49. The summed E-state index contributed by atoms with van der Waals surface area (Å²) in [5.74, 6) is 0.848. The Morgan fingerprint density at radius 2 is 2.13 bits per heavy atom. The summed E-state index contributed by atoms with van der Waals surface area (Å²) in [6.07, 6.45) is 8.13. The molecular weight excluding hydrogens is 254 g/mol. The minimum Gasteiger partial charge on any atom is -0.330 e. The molecule has 0 amide bonds. The second-order valence-corrected chi connectivity index (χ2v) is 5.16. The van der Waals surface area contributed by atoms with Crippen LogP contribution in [-0.2, 0) is 0 Å². The van der Waals surface area contributed by atoms with Crippen LogP contribution in [-0.4, -0.2) is 16.3 Å². The molecule has 4 heteroatoms. The van der Waals surface area contributed by atoms with Gasteiger partial charge in [0.05, 0.1) is 12.2 Å². The summed E-state index contributed by atoms with van der Waals surface area (Å²) in [7, 11) is 0. The van der Waals surface area contributed by atoms with Crippen LogP contribution in [0.15, 0.2) is 16.9 Å². The highest BCUT2D eigenvalue weighted by molar-refractivity contribution is 9.10. The van der Waals surface area contributed by atoms with Crippen molar-refractivity contribution in [3.8, 4) is 0 Å². The number of aromatic nitrogens is 2. The van der Waals surface area contributed by atoms with Crippen LogP contribution in [0, 0.1) is 5.92 Å². The zero-order chi connectivity index (χ0) is 10.7. The maximum absolute atomic E-state index is 5.59. The lowest BCUT2D eigenvalue weighted by Crippen LogP contribution is -2.20. The molecule has 0 aliphatic heterocycles. The minimum absolute atomic E-state index is 0.586. The molecule has 0 unspecified atom stereocenters. The Kier molecular flexibility index (Phi) is 3.81. The molecule has 3 nitrogen and oxygen atoms in total. The van der Waals surface area contributed by atoms with Gasteiger partial charge in [-0.15, -0.1) is 0 Å². The van der Waals surface area contributed by atoms with E-state index in [2.05, 4.69) is 25.7 Å². The number of nitrogens with two attached hydrogens (primary N) is 1. The first-order valence-electron chi connectivity index (χ1n) is 5.70.